The molecule has 96 valence electrons. The summed E-state index contributed by atoms with van der Waals surface area (Å²) < 4.78 is 0. The molecule has 0 atom stereocenters. The summed E-state index contributed by atoms with van der Waals surface area (Å²) >= 11 is 1.75. The molecule has 3 heterocycles. The van der Waals surface area contributed by atoms with Gasteiger partial charge in [-0.1, -0.05) is 13.8 Å². The maximum Gasteiger partial charge on any atom is 0.141 e. The molecule has 0 aromatic carbocycles. The molecule has 1 aliphatic rings. The summed E-state index contributed by atoms with van der Waals surface area (Å²) in [5.74, 6) is 1.84. The quantitative estimate of drug-likeness (QED) is 0.847. The molecule has 0 N–H and O–H groups in total. The van der Waals surface area contributed by atoms with Crippen molar-refractivity contribution in [3.8, 4) is 0 Å². The molecule has 3 nitrogen and oxygen atoms in total. The lowest BCUT2D eigenvalue weighted by molar-refractivity contribution is 0.651. The largest absolute Gasteiger partial charge is 0.356 e. The van der Waals surface area contributed by atoms with Gasteiger partial charge in [-0.15, -0.1) is 11.3 Å². The number of fused-ring (bicyclic) bond motifs is 1. The first-order chi connectivity index (χ1) is 8.75. The van der Waals surface area contributed by atoms with Gasteiger partial charge in [-0.05, 0) is 36.1 Å². The van der Waals surface area contributed by atoms with E-state index in [1.54, 1.807) is 17.7 Å². The van der Waals surface area contributed by atoms with E-state index in [0.29, 0.717) is 5.92 Å². The van der Waals surface area contributed by atoms with Crippen LogP contribution >= 0.6 is 11.3 Å². The molecule has 1 saturated heterocycles. The Hall–Kier alpha value is -1.16. The molecule has 0 spiro atoms. The number of hydrogen-bond donors (Lipinski definition) is 0. The van der Waals surface area contributed by atoms with Gasteiger partial charge in [0.25, 0.3) is 0 Å². The van der Waals surface area contributed by atoms with E-state index in [2.05, 4.69) is 34.1 Å². The number of nitrogens with zero attached hydrogens (tertiary/aromatic N) is 3. The van der Waals surface area contributed by atoms with E-state index < -0.39 is 0 Å². The van der Waals surface area contributed by atoms with Crippen molar-refractivity contribution in [3.63, 3.8) is 0 Å². The third-order valence-electron chi connectivity index (χ3n) is 3.46. The van der Waals surface area contributed by atoms with Gasteiger partial charge in [-0.3, -0.25) is 0 Å². The fourth-order valence-corrected chi connectivity index (χ4v) is 3.59. The predicted molar refractivity (Wildman–Crippen MR) is 77.4 cm³/mol. The highest BCUT2D eigenvalue weighted by atomic mass is 32.1. The average molecular weight is 261 g/mol. The Labute approximate surface area is 112 Å². The van der Waals surface area contributed by atoms with Crippen molar-refractivity contribution in [2.24, 2.45) is 5.92 Å². The summed E-state index contributed by atoms with van der Waals surface area (Å²) in [6.07, 6.45) is 5.41. The minimum Gasteiger partial charge on any atom is -0.356 e. The monoisotopic (exact) mass is 261 g/mol. The highest BCUT2D eigenvalue weighted by molar-refractivity contribution is 7.17. The number of thiophene rings is 1. The van der Waals surface area contributed by atoms with E-state index in [0.717, 1.165) is 30.2 Å². The summed E-state index contributed by atoms with van der Waals surface area (Å²) in [6.45, 7) is 6.82. The zero-order valence-corrected chi connectivity index (χ0v) is 11.8. The van der Waals surface area contributed by atoms with E-state index in [-0.39, 0.29) is 0 Å². The first-order valence-electron chi connectivity index (χ1n) is 6.71. The first-order valence-corrected chi connectivity index (χ1v) is 7.59. The zero-order valence-electron chi connectivity index (χ0n) is 11.0. The van der Waals surface area contributed by atoms with Crippen LogP contribution in [0.15, 0.2) is 11.7 Å². The van der Waals surface area contributed by atoms with Crippen molar-refractivity contribution in [1.29, 1.82) is 0 Å². The molecule has 4 heteroatoms. The van der Waals surface area contributed by atoms with Crippen molar-refractivity contribution in [1.82, 2.24) is 9.97 Å². The maximum absolute atomic E-state index is 4.55. The minimum atomic E-state index is 0.675. The summed E-state index contributed by atoms with van der Waals surface area (Å²) in [5, 5.41) is 3.57. The fourth-order valence-electron chi connectivity index (χ4n) is 2.68. The Bertz CT molecular complexity index is 541. The van der Waals surface area contributed by atoms with E-state index in [9.17, 15) is 0 Å². The van der Waals surface area contributed by atoms with Crippen molar-refractivity contribution in [2.45, 2.75) is 33.1 Å². The van der Waals surface area contributed by atoms with Crippen LogP contribution < -0.4 is 4.90 Å². The van der Waals surface area contributed by atoms with E-state index >= 15 is 0 Å². The van der Waals surface area contributed by atoms with Crippen LogP contribution in [0.3, 0.4) is 0 Å². The van der Waals surface area contributed by atoms with Gasteiger partial charge in [0.15, 0.2) is 0 Å². The van der Waals surface area contributed by atoms with Crippen molar-refractivity contribution < 1.29 is 0 Å². The molecule has 0 bridgehead atoms. The van der Waals surface area contributed by atoms with Crippen LogP contribution in [0.4, 0.5) is 5.82 Å². The molecule has 18 heavy (non-hydrogen) atoms. The highest BCUT2D eigenvalue weighted by Gasteiger charge is 2.19. The summed E-state index contributed by atoms with van der Waals surface area (Å²) in [7, 11) is 0. The van der Waals surface area contributed by atoms with E-state index in [4.69, 9.17) is 0 Å². The highest BCUT2D eigenvalue weighted by Crippen LogP contribution is 2.33. The van der Waals surface area contributed by atoms with E-state index in [1.807, 2.05) is 0 Å². The first kappa shape index (κ1) is 11.9. The van der Waals surface area contributed by atoms with E-state index in [1.165, 1.54) is 23.8 Å². The summed E-state index contributed by atoms with van der Waals surface area (Å²) in [5.41, 5.74) is 1.42. The molecule has 0 aliphatic carbocycles. The fraction of sp³-hybridized carbons (Fsp3) is 0.571. The van der Waals surface area contributed by atoms with Crippen LogP contribution in [0.1, 0.15) is 32.3 Å². The van der Waals surface area contributed by atoms with Crippen LogP contribution in [0.2, 0.25) is 0 Å². The lowest BCUT2D eigenvalue weighted by atomic mass is 10.0. The van der Waals surface area contributed by atoms with Gasteiger partial charge in [0.1, 0.15) is 17.0 Å². The molecule has 1 fully saturated rings. The molecule has 1 aliphatic heterocycles. The topological polar surface area (TPSA) is 29.0 Å². The molecule has 3 rings (SSSR count). The standard InChI is InChI=1S/C14H19N3S/c1-10(2)7-11-8-18-14-12(11)13(15-9-16-14)17-5-3-4-6-17/h8-10H,3-7H2,1-2H3. The molecule has 0 amide bonds. The average Bonchev–Trinajstić information content (AvgIpc) is 2.98. The minimum absolute atomic E-state index is 0.675. The van der Waals surface area contributed by atoms with Crippen LogP contribution in [0.5, 0.6) is 0 Å². The Morgan fingerprint density at radius 1 is 1.28 bits per heavy atom. The lowest BCUT2D eigenvalue weighted by Gasteiger charge is -2.18. The summed E-state index contributed by atoms with van der Waals surface area (Å²) in [4.78, 5) is 12.5. The van der Waals surface area contributed by atoms with Gasteiger partial charge < -0.3 is 4.90 Å². The van der Waals surface area contributed by atoms with Crippen LogP contribution in [0, 0.1) is 5.92 Å². The molecular weight excluding hydrogens is 242 g/mol. The van der Waals surface area contributed by atoms with Crippen molar-refractivity contribution in [2.75, 3.05) is 18.0 Å². The molecule has 2 aromatic heterocycles. The van der Waals surface area contributed by atoms with Crippen LogP contribution in [-0.2, 0) is 6.42 Å². The second-order valence-corrected chi connectivity index (χ2v) is 6.29. The Morgan fingerprint density at radius 3 is 2.78 bits per heavy atom. The number of anilines is 1. The number of rotatable bonds is 3. The van der Waals surface area contributed by atoms with Crippen molar-refractivity contribution in [3.05, 3.63) is 17.3 Å². The Kier molecular flexibility index (Phi) is 3.20. The van der Waals surface area contributed by atoms with Crippen LogP contribution in [-0.4, -0.2) is 23.1 Å². The molecule has 2 aromatic rings. The van der Waals surface area contributed by atoms with Gasteiger partial charge in [-0.25, -0.2) is 9.97 Å². The molecular formula is C14H19N3S. The SMILES string of the molecule is CC(C)Cc1csc2ncnc(N3CCCC3)c12. The van der Waals surface area contributed by atoms with Gasteiger partial charge in [0.05, 0.1) is 5.39 Å². The number of hydrogen-bond acceptors (Lipinski definition) is 4. The third-order valence-corrected chi connectivity index (χ3v) is 4.40. The molecule has 0 radical (unpaired) electrons. The van der Waals surface area contributed by atoms with Crippen LogP contribution in [0.25, 0.3) is 10.2 Å². The predicted octanol–water partition coefficient (Wildman–Crippen LogP) is 3.49. The second-order valence-electron chi connectivity index (χ2n) is 5.43. The van der Waals surface area contributed by atoms with Gasteiger partial charge in [0.2, 0.25) is 0 Å². The normalized spacial score (nSPS) is 16.1. The van der Waals surface area contributed by atoms with Crippen molar-refractivity contribution >= 4 is 27.4 Å². The Morgan fingerprint density at radius 2 is 2.06 bits per heavy atom. The van der Waals surface area contributed by atoms with Gasteiger partial charge in [0, 0.05) is 13.1 Å². The molecule has 0 saturated carbocycles. The second kappa shape index (κ2) is 4.84. The summed E-state index contributed by atoms with van der Waals surface area (Å²) in [6, 6.07) is 0. The van der Waals surface area contributed by atoms with Gasteiger partial charge in [-0.2, -0.15) is 0 Å². The number of aromatic nitrogens is 2. The van der Waals surface area contributed by atoms with Gasteiger partial charge >= 0.3 is 0 Å². The molecule has 0 unspecified atom stereocenters. The lowest BCUT2D eigenvalue weighted by Crippen LogP contribution is -2.19. The maximum atomic E-state index is 4.55. The smallest absolute Gasteiger partial charge is 0.141 e. The zero-order chi connectivity index (χ0) is 12.5. The Balaban J connectivity index is 2.09. The third kappa shape index (κ3) is 2.09.